The largest absolute Gasteiger partial charge is 0.346 e. The Balaban J connectivity index is 1.73. The third-order valence-corrected chi connectivity index (χ3v) is 4.07. The lowest BCUT2D eigenvalue weighted by atomic mass is 10.1. The number of benzene rings is 1. The second kappa shape index (κ2) is 6.56. The van der Waals surface area contributed by atoms with E-state index in [9.17, 15) is 4.79 Å². The summed E-state index contributed by atoms with van der Waals surface area (Å²) >= 11 is 12.0. The van der Waals surface area contributed by atoms with Gasteiger partial charge in [-0.05, 0) is 42.8 Å². The first-order chi connectivity index (χ1) is 11.0. The molecule has 0 saturated carbocycles. The van der Waals surface area contributed by atoms with Crippen molar-refractivity contribution in [2.24, 2.45) is 0 Å². The van der Waals surface area contributed by atoms with Crippen LogP contribution in [0.1, 0.15) is 24.4 Å². The molecule has 0 aliphatic rings. The first-order valence-electron chi connectivity index (χ1n) is 7.07. The summed E-state index contributed by atoms with van der Waals surface area (Å²) in [6.45, 7) is 1.86. The molecule has 0 fully saturated rings. The van der Waals surface area contributed by atoms with Gasteiger partial charge in [-0.1, -0.05) is 29.3 Å². The van der Waals surface area contributed by atoms with E-state index >= 15 is 0 Å². The highest BCUT2D eigenvalue weighted by molar-refractivity contribution is 6.33. The van der Waals surface area contributed by atoms with Crippen LogP contribution in [-0.2, 0) is 11.2 Å². The molecule has 0 spiro atoms. The molecule has 3 aromatic rings. The fourth-order valence-corrected chi connectivity index (χ4v) is 2.74. The lowest BCUT2D eigenvalue weighted by Crippen LogP contribution is -2.29. The number of fused-ring (bicyclic) bond motifs is 1. The Labute approximate surface area is 143 Å². The van der Waals surface area contributed by atoms with Gasteiger partial charge in [-0.3, -0.25) is 9.20 Å². The summed E-state index contributed by atoms with van der Waals surface area (Å²) in [6.07, 6.45) is 2.02. The van der Waals surface area contributed by atoms with Crippen LogP contribution < -0.4 is 5.32 Å². The van der Waals surface area contributed by atoms with Gasteiger partial charge >= 0.3 is 0 Å². The van der Waals surface area contributed by atoms with Crippen molar-refractivity contribution in [3.63, 3.8) is 0 Å². The summed E-state index contributed by atoms with van der Waals surface area (Å²) in [6, 6.07) is 10.4. The number of hydrogen-bond donors (Lipinski definition) is 1. The van der Waals surface area contributed by atoms with Gasteiger partial charge in [0.2, 0.25) is 5.91 Å². The minimum Gasteiger partial charge on any atom is -0.346 e. The van der Waals surface area contributed by atoms with Crippen LogP contribution in [0.5, 0.6) is 0 Å². The van der Waals surface area contributed by atoms with E-state index in [1.807, 2.05) is 35.7 Å². The number of halogens is 2. The van der Waals surface area contributed by atoms with Crippen LogP contribution in [0.4, 0.5) is 0 Å². The zero-order valence-corrected chi connectivity index (χ0v) is 13.8. The summed E-state index contributed by atoms with van der Waals surface area (Å²) in [7, 11) is 0. The second-order valence-corrected chi connectivity index (χ2v) is 6.03. The lowest BCUT2D eigenvalue weighted by molar-refractivity contribution is -0.121. The van der Waals surface area contributed by atoms with Gasteiger partial charge in [0, 0.05) is 16.2 Å². The molecule has 23 heavy (non-hydrogen) atoms. The molecule has 1 aromatic carbocycles. The Morgan fingerprint density at radius 1 is 1.26 bits per heavy atom. The van der Waals surface area contributed by atoms with Crippen molar-refractivity contribution in [1.82, 2.24) is 19.9 Å². The number of rotatable bonds is 4. The van der Waals surface area contributed by atoms with E-state index in [0.29, 0.717) is 21.4 Å². The Bertz CT molecular complexity index is 862. The Hall–Kier alpha value is -2.11. The van der Waals surface area contributed by atoms with E-state index in [1.165, 1.54) is 0 Å². The fraction of sp³-hybridized carbons (Fsp3) is 0.188. The molecule has 2 aromatic heterocycles. The molecule has 1 atom stereocenters. The van der Waals surface area contributed by atoms with Crippen molar-refractivity contribution in [3.05, 3.63) is 64.0 Å². The molecule has 0 radical (unpaired) electrons. The molecule has 7 heteroatoms. The summed E-state index contributed by atoms with van der Waals surface area (Å²) < 4.78 is 1.84. The van der Waals surface area contributed by atoms with E-state index in [-0.39, 0.29) is 18.4 Å². The van der Waals surface area contributed by atoms with Crippen molar-refractivity contribution in [2.75, 3.05) is 0 Å². The number of nitrogens with zero attached hydrogens (tertiary/aromatic N) is 3. The van der Waals surface area contributed by atoms with E-state index in [0.717, 1.165) is 5.65 Å². The summed E-state index contributed by atoms with van der Waals surface area (Å²) in [5.41, 5.74) is 1.43. The maximum atomic E-state index is 12.2. The van der Waals surface area contributed by atoms with E-state index in [1.54, 1.807) is 18.2 Å². The van der Waals surface area contributed by atoms with Gasteiger partial charge in [0.05, 0.1) is 12.5 Å². The lowest BCUT2D eigenvalue weighted by Gasteiger charge is -2.13. The van der Waals surface area contributed by atoms with Crippen LogP contribution in [0.2, 0.25) is 10.0 Å². The average Bonchev–Trinajstić information content (AvgIpc) is 2.95. The van der Waals surface area contributed by atoms with Gasteiger partial charge in [0.1, 0.15) is 0 Å². The van der Waals surface area contributed by atoms with Crippen molar-refractivity contribution >= 4 is 34.8 Å². The maximum absolute atomic E-state index is 12.2. The molecule has 5 nitrogen and oxygen atoms in total. The van der Waals surface area contributed by atoms with Crippen LogP contribution in [0, 0.1) is 0 Å². The van der Waals surface area contributed by atoms with Gasteiger partial charge in [-0.2, -0.15) is 0 Å². The number of hydrogen-bond acceptors (Lipinski definition) is 3. The first kappa shape index (κ1) is 15.8. The highest BCUT2D eigenvalue weighted by Gasteiger charge is 2.16. The molecule has 0 unspecified atom stereocenters. The minimum absolute atomic E-state index is 0.153. The summed E-state index contributed by atoms with van der Waals surface area (Å²) in [5.74, 6) is 0.514. The number of amides is 1. The van der Waals surface area contributed by atoms with Crippen LogP contribution in [0.15, 0.2) is 42.6 Å². The Morgan fingerprint density at radius 3 is 2.91 bits per heavy atom. The van der Waals surface area contributed by atoms with Gasteiger partial charge in [-0.25, -0.2) is 0 Å². The monoisotopic (exact) mass is 348 g/mol. The minimum atomic E-state index is -0.280. The SMILES string of the molecule is C[C@H](NC(=O)Cc1cc(Cl)ccc1Cl)c1nnc2ccccn12. The molecule has 118 valence electrons. The third-order valence-electron chi connectivity index (χ3n) is 3.46. The number of pyridine rings is 1. The molecular formula is C16H14Cl2N4O. The Kier molecular flexibility index (Phi) is 4.50. The molecule has 0 saturated heterocycles. The maximum Gasteiger partial charge on any atom is 0.225 e. The van der Waals surface area contributed by atoms with Crippen LogP contribution in [-0.4, -0.2) is 20.5 Å². The van der Waals surface area contributed by atoms with Crippen LogP contribution in [0.3, 0.4) is 0 Å². The van der Waals surface area contributed by atoms with Gasteiger partial charge in [0.25, 0.3) is 0 Å². The van der Waals surface area contributed by atoms with Gasteiger partial charge in [0.15, 0.2) is 11.5 Å². The van der Waals surface area contributed by atoms with E-state index in [4.69, 9.17) is 23.2 Å². The van der Waals surface area contributed by atoms with Crippen LogP contribution >= 0.6 is 23.2 Å². The molecule has 3 rings (SSSR count). The quantitative estimate of drug-likeness (QED) is 0.785. The van der Waals surface area contributed by atoms with Crippen molar-refractivity contribution in [2.45, 2.75) is 19.4 Å². The average molecular weight is 349 g/mol. The number of carbonyl (C=O) groups is 1. The zero-order chi connectivity index (χ0) is 16.4. The molecule has 0 bridgehead atoms. The molecule has 1 N–H and O–H groups in total. The van der Waals surface area contributed by atoms with Crippen molar-refractivity contribution in [1.29, 1.82) is 0 Å². The molecule has 0 aliphatic carbocycles. The normalized spacial score (nSPS) is 12.3. The smallest absolute Gasteiger partial charge is 0.225 e. The summed E-state index contributed by atoms with van der Waals surface area (Å²) in [4.78, 5) is 12.2. The highest BCUT2D eigenvalue weighted by Crippen LogP contribution is 2.21. The highest BCUT2D eigenvalue weighted by atomic mass is 35.5. The molecule has 2 heterocycles. The van der Waals surface area contributed by atoms with Gasteiger partial charge < -0.3 is 5.32 Å². The number of nitrogens with one attached hydrogen (secondary N) is 1. The van der Waals surface area contributed by atoms with Crippen molar-refractivity contribution in [3.8, 4) is 0 Å². The molecular weight excluding hydrogens is 335 g/mol. The predicted octanol–water partition coefficient (Wildman–Crippen LogP) is 3.46. The van der Waals surface area contributed by atoms with E-state index < -0.39 is 0 Å². The standard InChI is InChI=1S/C16H14Cl2N4O/c1-10(16-21-20-14-4-2-3-7-22(14)16)19-15(23)9-11-8-12(17)5-6-13(11)18/h2-8,10H,9H2,1H3,(H,19,23)/t10-/m0/s1. The van der Waals surface area contributed by atoms with Crippen molar-refractivity contribution < 1.29 is 4.79 Å². The topological polar surface area (TPSA) is 59.3 Å². The molecule has 1 amide bonds. The zero-order valence-electron chi connectivity index (χ0n) is 12.3. The van der Waals surface area contributed by atoms with E-state index in [2.05, 4.69) is 15.5 Å². The number of carbonyl (C=O) groups excluding carboxylic acids is 1. The fourth-order valence-electron chi connectivity index (χ4n) is 2.36. The second-order valence-electron chi connectivity index (χ2n) is 5.19. The van der Waals surface area contributed by atoms with Crippen LogP contribution in [0.25, 0.3) is 5.65 Å². The predicted molar refractivity (Wildman–Crippen MR) is 89.7 cm³/mol. The Morgan fingerprint density at radius 2 is 2.09 bits per heavy atom. The first-order valence-corrected chi connectivity index (χ1v) is 7.83. The molecule has 0 aliphatic heterocycles. The number of aromatic nitrogens is 3. The third kappa shape index (κ3) is 3.46. The summed E-state index contributed by atoms with van der Waals surface area (Å²) in [5, 5.41) is 12.2. The van der Waals surface area contributed by atoms with Gasteiger partial charge in [-0.15, -0.1) is 10.2 Å².